The zero-order valence-electron chi connectivity index (χ0n) is 16.9. The quantitative estimate of drug-likeness (QED) is 0.625. The highest BCUT2D eigenvalue weighted by molar-refractivity contribution is 5.83. The second-order valence-electron chi connectivity index (χ2n) is 8.88. The number of aryl methyl sites for hydroxylation is 1. The Kier molecular flexibility index (Phi) is 5.52. The normalized spacial score (nSPS) is 25.5. The molecule has 1 aromatic carbocycles. The molecule has 0 N–H and O–H groups in total. The van der Waals surface area contributed by atoms with Gasteiger partial charge in [-0.25, -0.2) is 0 Å². The molecule has 1 saturated heterocycles. The van der Waals surface area contributed by atoms with Crippen LogP contribution in [-0.2, 0) is 9.59 Å². The van der Waals surface area contributed by atoms with E-state index in [1.807, 2.05) is 6.08 Å². The summed E-state index contributed by atoms with van der Waals surface area (Å²) in [5.74, 6) is 1.37. The van der Waals surface area contributed by atoms with Gasteiger partial charge in [-0.1, -0.05) is 36.4 Å². The van der Waals surface area contributed by atoms with E-state index in [0.29, 0.717) is 24.0 Å². The average Bonchev–Trinajstić information content (AvgIpc) is 3.58. The third-order valence-electron chi connectivity index (χ3n) is 7.10. The molecule has 3 aliphatic rings. The van der Waals surface area contributed by atoms with E-state index in [9.17, 15) is 9.59 Å². The van der Waals surface area contributed by atoms with Crippen LogP contribution in [0.3, 0.4) is 0 Å². The summed E-state index contributed by atoms with van der Waals surface area (Å²) in [4.78, 5) is 26.0. The maximum absolute atomic E-state index is 12.4. The fourth-order valence-corrected chi connectivity index (χ4v) is 5.06. The summed E-state index contributed by atoms with van der Waals surface area (Å²) < 4.78 is 0. The first-order valence-corrected chi connectivity index (χ1v) is 10.8. The van der Waals surface area contributed by atoms with Gasteiger partial charge in [0.25, 0.3) is 0 Å². The van der Waals surface area contributed by atoms with E-state index < -0.39 is 0 Å². The molecule has 0 amide bonds. The molecule has 1 aromatic rings. The lowest BCUT2D eigenvalue weighted by Crippen LogP contribution is -2.41. The van der Waals surface area contributed by atoms with E-state index in [1.54, 1.807) is 0 Å². The molecule has 1 unspecified atom stereocenters. The van der Waals surface area contributed by atoms with Crippen LogP contribution >= 0.6 is 0 Å². The van der Waals surface area contributed by atoms with E-state index >= 15 is 0 Å². The first-order valence-electron chi connectivity index (χ1n) is 10.8. The van der Waals surface area contributed by atoms with Gasteiger partial charge in [-0.2, -0.15) is 0 Å². The molecule has 1 aliphatic heterocycles. The fraction of sp³-hybridized carbons (Fsp3) is 0.520. The first-order chi connectivity index (χ1) is 13.6. The summed E-state index contributed by atoms with van der Waals surface area (Å²) in [6.45, 7) is 4.31. The minimum absolute atomic E-state index is 0.0366. The summed E-state index contributed by atoms with van der Waals surface area (Å²) in [5.41, 5.74) is 3.50. The number of hydrogen-bond donors (Lipinski definition) is 0. The van der Waals surface area contributed by atoms with Crippen molar-refractivity contribution in [1.82, 2.24) is 0 Å². The predicted octanol–water partition coefficient (Wildman–Crippen LogP) is 5.04. The highest BCUT2D eigenvalue weighted by atomic mass is 16.1. The van der Waals surface area contributed by atoms with Crippen LogP contribution in [-0.4, -0.2) is 25.2 Å². The number of anilines is 1. The zero-order chi connectivity index (χ0) is 19.6. The van der Waals surface area contributed by atoms with E-state index in [1.165, 1.54) is 11.3 Å². The van der Waals surface area contributed by atoms with Crippen LogP contribution in [0.15, 0.2) is 48.1 Å². The number of nitrogens with zero attached hydrogens (tertiary/aromatic N) is 1. The number of para-hydroxylation sites is 1. The molecule has 3 nitrogen and oxygen atoms in total. The molecule has 28 heavy (non-hydrogen) atoms. The summed E-state index contributed by atoms with van der Waals surface area (Å²) in [6, 6.07) is 8.62. The van der Waals surface area contributed by atoms with Crippen molar-refractivity contribution < 1.29 is 9.59 Å². The Morgan fingerprint density at radius 3 is 2.54 bits per heavy atom. The van der Waals surface area contributed by atoms with Gasteiger partial charge >= 0.3 is 0 Å². The van der Waals surface area contributed by atoms with Crippen LogP contribution in [0.5, 0.6) is 0 Å². The van der Waals surface area contributed by atoms with E-state index in [0.717, 1.165) is 63.5 Å². The molecule has 0 bridgehead atoms. The number of hydrogen-bond acceptors (Lipinski definition) is 3. The Labute approximate surface area is 168 Å². The van der Waals surface area contributed by atoms with Crippen molar-refractivity contribution in [2.45, 2.75) is 51.9 Å². The molecule has 2 fully saturated rings. The fourth-order valence-electron chi connectivity index (χ4n) is 5.06. The lowest BCUT2D eigenvalue weighted by Gasteiger charge is -2.45. The van der Waals surface area contributed by atoms with Crippen molar-refractivity contribution in [1.29, 1.82) is 0 Å². The maximum Gasteiger partial charge on any atom is 0.149 e. The van der Waals surface area contributed by atoms with Gasteiger partial charge in [-0.3, -0.25) is 9.59 Å². The molecule has 2 aliphatic carbocycles. The molecule has 148 valence electrons. The third-order valence-corrected chi connectivity index (χ3v) is 7.10. The van der Waals surface area contributed by atoms with Gasteiger partial charge in [0.2, 0.25) is 0 Å². The molecule has 1 heterocycles. The Morgan fingerprint density at radius 1 is 1.18 bits per heavy atom. The van der Waals surface area contributed by atoms with Gasteiger partial charge in [0.15, 0.2) is 0 Å². The number of rotatable bonds is 7. The van der Waals surface area contributed by atoms with Crippen LogP contribution in [0.2, 0.25) is 0 Å². The monoisotopic (exact) mass is 377 g/mol. The zero-order valence-corrected chi connectivity index (χ0v) is 16.9. The minimum atomic E-state index is 0.0366. The van der Waals surface area contributed by atoms with Crippen molar-refractivity contribution in [3.05, 3.63) is 53.6 Å². The predicted molar refractivity (Wildman–Crippen MR) is 113 cm³/mol. The Morgan fingerprint density at radius 2 is 1.93 bits per heavy atom. The third kappa shape index (κ3) is 3.99. The number of aldehydes is 1. The lowest BCUT2D eigenvalue weighted by atomic mass is 9.64. The molecule has 1 atom stereocenters. The Hall–Kier alpha value is -2.16. The van der Waals surface area contributed by atoms with Gasteiger partial charge in [0.05, 0.1) is 0 Å². The van der Waals surface area contributed by atoms with Crippen molar-refractivity contribution in [3.8, 4) is 0 Å². The number of carbonyl (C=O) groups excluding carboxylic acids is 2. The second kappa shape index (κ2) is 8.06. The van der Waals surface area contributed by atoms with Crippen LogP contribution in [0.25, 0.3) is 0 Å². The molecule has 4 rings (SSSR count). The smallest absolute Gasteiger partial charge is 0.149 e. The van der Waals surface area contributed by atoms with Gasteiger partial charge < -0.3 is 4.90 Å². The SMILES string of the molecule is Cc1ccccc1N1CCC(C2(CCC(=O)C3CC3)C=CC(C=O)=CC2)CC1. The minimum Gasteiger partial charge on any atom is -0.371 e. The Balaban J connectivity index is 1.46. The average molecular weight is 378 g/mol. The van der Waals surface area contributed by atoms with E-state index in [2.05, 4.69) is 48.2 Å². The Bertz CT molecular complexity index is 797. The largest absolute Gasteiger partial charge is 0.371 e. The maximum atomic E-state index is 12.4. The van der Waals surface area contributed by atoms with E-state index in [4.69, 9.17) is 0 Å². The molecule has 0 spiro atoms. The summed E-state index contributed by atoms with van der Waals surface area (Å²) in [6.07, 6.45) is 14.3. The van der Waals surface area contributed by atoms with Gasteiger partial charge in [-0.05, 0) is 68.4 Å². The van der Waals surface area contributed by atoms with Gasteiger partial charge in [0.1, 0.15) is 12.1 Å². The van der Waals surface area contributed by atoms with Gasteiger partial charge in [0, 0.05) is 36.7 Å². The van der Waals surface area contributed by atoms with Crippen LogP contribution in [0.4, 0.5) is 5.69 Å². The molecule has 0 radical (unpaired) electrons. The van der Waals surface area contributed by atoms with Crippen LogP contribution < -0.4 is 4.90 Å². The number of benzene rings is 1. The number of allylic oxidation sites excluding steroid dienone is 4. The second-order valence-corrected chi connectivity index (χ2v) is 8.88. The number of Topliss-reactive ketones (excluding diaryl/α,β-unsaturated/α-hetero) is 1. The van der Waals surface area contributed by atoms with Gasteiger partial charge in [-0.15, -0.1) is 0 Å². The number of carbonyl (C=O) groups is 2. The van der Waals surface area contributed by atoms with Crippen molar-refractivity contribution >= 4 is 17.8 Å². The summed E-state index contributed by atoms with van der Waals surface area (Å²) in [5, 5.41) is 0. The van der Waals surface area contributed by atoms with Crippen LogP contribution in [0.1, 0.15) is 50.5 Å². The topological polar surface area (TPSA) is 37.4 Å². The number of ketones is 1. The molecular formula is C25H31NO2. The highest BCUT2D eigenvalue weighted by Crippen LogP contribution is 2.47. The summed E-state index contributed by atoms with van der Waals surface area (Å²) in [7, 11) is 0. The molecular weight excluding hydrogens is 346 g/mol. The number of piperidine rings is 1. The lowest BCUT2D eigenvalue weighted by molar-refractivity contribution is -0.121. The van der Waals surface area contributed by atoms with Crippen LogP contribution in [0, 0.1) is 24.2 Å². The molecule has 1 saturated carbocycles. The van der Waals surface area contributed by atoms with Crippen molar-refractivity contribution in [2.24, 2.45) is 17.3 Å². The molecule has 0 aromatic heterocycles. The highest BCUT2D eigenvalue weighted by Gasteiger charge is 2.40. The van der Waals surface area contributed by atoms with Crippen molar-refractivity contribution in [3.63, 3.8) is 0 Å². The standard InChI is InChI=1S/C25H31NO2/c1-19-4-2-3-5-23(19)26-16-11-22(12-17-26)25(13-8-20(18-27)9-14-25)15-10-24(28)21-6-7-21/h2-5,8-9,13,18,21-22H,6-7,10-12,14-17H2,1H3. The van der Waals surface area contributed by atoms with E-state index in [-0.39, 0.29) is 5.41 Å². The molecule has 3 heteroatoms. The first kappa shape index (κ1) is 19.2. The van der Waals surface area contributed by atoms with Crippen molar-refractivity contribution in [2.75, 3.05) is 18.0 Å². The summed E-state index contributed by atoms with van der Waals surface area (Å²) >= 11 is 0.